The Labute approximate surface area is 101 Å². The van der Waals surface area contributed by atoms with Crippen LogP contribution >= 0.6 is 0 Å². The normalized spacial score (nSPS) is 22.9. The predicted octanol–water partition coefficient (Wildman–Crippen LogP) is 1.88. The van der Waals surface area contributed by atoms with E-state index in [9.17, 15) is 0 Å². The summed E-state index contributed by atoms with van der Waals surface area (Å²) in [7, 11) is 2.20. The van der Waals surface area contributed by atoms with Gasteiger partial charge in [0.2, 0.25) is 0 Å². The Morgan fingerprint density at radius 2 is 2.31 bits per heavy atom. The van der Waals surface area contributed by atoms with E-state index in [2.05, 4.69) is 31.1 Å². The van der Waals surface area contributed by atoms with Crippen molar-refractivity contribution in [2.24, 2.45) is 0 Å². The topological polar surface area (TPSA) is 24.5 Å². The largest absolute Gasteiger partial charge is 0.377 e. The van der Waals surface area contributed by atoms with Crippen LogP contribution in [0.15, 0.2) is 0 Å². The number of ether oxygens (including phenoxy) is 1. The van der Waals surface area contributed by atoms with Gasteiger partial charge in [0.15, 0.2) is 0 Å². The van der Waals surface area contributed by atoms with Gasteiger partial charge in [-0.1, -0.05) is 13.3 Å². The van der Waals surface area contributed by atoms with Crippen LogP contribution in [-0.4, -0.2) is 50.3 Å². The molecule has 1 N–H and O–H groups in total. The van der Waals surface area contributed by atoms with E-state index >= 15 is 0 Å². The molecule has 1 saturated heterocycles. The molecule has 0 bridgehead atoms. The Morgan fingerprint density at radius 3 is 2.94 bits per heavy atom. The van der Waals surface area contributed by atoms with Gasteiger partial charge in [-0.25, -0.2) is 0 Å². The van der Waals surface area contributed by atoms with Crippen molar-refractivity contribution in [3.05, 3.63) is 0 Å². The van der Waals surface area contributed by atoms with Crippen molar-refractivity contribution in [1.29, 1.82) is 0 Å². The van der Waals surface area contributed by atoms with Crippen molar-refractivity contribution in [1.82, 2.24) is 10.2 Å². The highest BCUT2D eigenvalue weighted by Gasteiger charge is 2.19. The molecular weight excluding hydrogens is 200 g/mol. The smallest absolute Gasteiger partial charge is 0.0702 e. The van der Waals surface area contributed by atoms with E-state index in [1.807, 2.05) is 0 Å². The lowest BCUT2D eigenvalue weighted by Gasteiger charge is -2.27. The molecule has 1 aliphatic rings. The Balaban J connectivity index is 2.06. The van der Waals surface area contributed by atoms with Crippen LogP contribution in [0.3, 0.4) is 0 Å². The molecule has 0 radical (unpaired) electrons. The third kappa shape index (κ3) is 5.28. The summed E-state index contributed by atoms with van der Waals surface area (Å²) in [5.74, 6) is 0. The fraction of sp³-hybridized carbons (Fsp3) is 1.00. The zero-order valence-corrected chi connectivity index (χ0v) is 11.2. The first-order chi connectivity index (χ1) is 7.74. The molecule has 0 spiro atoms. The maximum Gasteiger partial charge on any atom is 0.0702 e. The van der Waals surface area contributed by atoms with Gasteiger partial charge in [-0.05, 0) is 39.8 Å². The monoisotopic (exact) mass is 228 g/mol. The zero-order chi connectivity index (χ0) is 11.8. The molecule has 1 rings (SSSR count). The Bertz CT molecular complexity index is 169. The van der Waals surface area contributed by atoms with Crippen LogP contribution in [0.5, 0.6) is 0 Å². The lowest BCUT2D eigenvalue weighted by molar-refractivity contribution is 0.0704. The molecule has 0 aromatic heterocycles. The van der Waals surface area contributed by atoms with Crippen molar-refractivity contribution in [2.45, 2.75) is 51.7 Å². The zero-order valence-electron chi connectivity index (χ0n) is 11.2. The highest BCUT2D eigenvalue weighted by atomic mass is 16.5. The first-order valence-electron chi connectivity index (χ1n) is 6.76. The molecule has 3 nitrogen and oxygen atoms in total. The van der Waals surface area contributed by atoms with E-state index in [0.29, 0.717) is 12.1 Å². The number of likely N-dealkylation sites (N-methyl/N-ethyl adjacent to an activating group) is 1. The van der Waals surface area contributed by atoms with Crippen molar-refractivity contribution >= 4 is 0 Å². The maximum absolute atomic E-state index is 5.65. The van der Waals surface area contributed by atoms with Gasteiger partial charge >= 0.3 is 0 Å². The number of nitrogens with zero attached hydrogens (tertiary/aromatic N) is 1. The van der Waals surface area contributed by atoms with Crippen molar-refractivity contribution < 1.29 is 4.74 Å². The lowest BCUT2D eigenvalue weighted by Crippen LogP contribution is -2.41. The molecule has 0 saturated carbocycles. The highest BCUT2D eigenvalue weighted by Crippen LogP contribution is 2.13. The third-order valence-electron chi connectivity index (χ3n) is 3.41. The molecule has 0 aromatic carbocycles. The van der Waals surface area contributed by atoms with Crippen LogP contribution in [0.4, 0.5) is 0 Å². The second-order valence-electron chi connectivity index (χ2n) is 4.98. The second-order valence-corrected chi connectivity index (χ2v) is 4.98. The molecule has 0 amide bonds. The number of nitrogens with one attached hydrogen (secondary N) is 1. The number of unbranched alkanes of at least 4 members (excludes halogenated alkanes) is 1. The van der Waals surface area contributed by atoms with Gasteiger partial charge in [-0.3, -0.25) is 4.90 Å². The quantitative estimate of drug-likeness (QED) is 0.642. The van der Waals surface area contributed by atoms with Crippen LogP contribution < -0.4 is 5.32 Å². The summed E-state index contributed by atoms with van der Waals surface area (Å²) in [6, 6.07) is 0.598. The average Bonchev–Trinajstić information content (AvgIpc) is 2.76. The van der Waals surface area contributed by atoms with Crippen LogP contribution in [0.25, 0.3) is 0 Å². The van der Waals surface area contributed by atoms with Crippen LogP contribution in [0.1, 0.15) is 39.5 Å². The minimum atomic E-state index is 0.475. The summed E-state index contributed by atoms with van der Waals surface area (Å²) in [6.45, 7) is 8.79. The minimum absolute atomic E-state index is 0.475. The van der Waals surface area contributed by atoms with Gasteiger partial charge in [0.05, 0.1) is 6.10 Å². The molecule has 0 aromatic rings. The summed E-state index contributed by atoms with van der Waals surface area (Å²) < 4.78 is 5.65. The van der Waals surface area contributed by atoms with E-state index in [-0.39, 0.29) is 0 Å². The van der Waals surface area contributed by atoms with Crippen molar-refractivity contribution in [2.75, 3.05) is 33.3 Å². The van der Waals surface area contributed by atoms with Crippen LogP contribution in [-0.2, 0) is 4.74 Å². The van der Waals surface area contributed by atoms with Gasteiger partial charge in [-0.15, -0.1) is 0 Å². The summed E-state index contributed by atoms with van der Waals surface area (Å²) in [6.07, 6.45) is 5.50. The molecule has 2 unspecified atom stereocenters. The van der Waals surface area contributed by atoms with E-state index < -0.39 is 0 Å². The standard InChI is InChI=1S/C13H28N2O/c1-4-5-8-14-10-12(2)15(3)11-13-7-6-9-16-13/h12-14H,4-11H2,1-3H3. The lowest BCUT2D eigenvalue weighted by atomic mass is 10.2. The summed E-state index contributed by atoms with van der Waals surface area (Å²) in [5.41, 5.74) is 0. The Kier molecular flexibility index (Phi) is 7.01. The van der Waals surface area contributed by atoms with Gasteiger partial charge in [0, 0.05) is 25.7 Å². The maximum atomic E-state index is 5.65. The summed E-state index contributed by atoms with van der Waals surface area (Å²) >= 11 is 0. The van der Waals surface area contributed by atoms with Crippen molar-refractivity contribution in [3.63, 3.8) is 0 Å². The van der Waals surface area contributed by atoms with Crippen LogP contribution in [0, 0.1) is 0 Å². The molecular formula is C13H28N2O. The molecule has 1 aliphatic heterocycles. The summed E-state index contributed by atoms with van der Waals surface area (Å²) in [4.78, 5) is 2.41. The first-order valence-corrected chi connectivity index (χ1v) is 6.76. The Hall–Kier alpha value is -0.120. The fourth-order valence-electron chi connectivity index (χ4n) is 2.06. The average molecular weight is 228 g/mol. The molecule has 3 heteroatoms. The molecule has 0 aliphatic carbocycles. The van der Waals surface area contributed by atoms with E-state index in [1.165, 1.54) is 25.7 Å². The highest BCUT2D eigenvalue weighted by molar-refractivity contribution is 4.73. The second kappa shape index (κ2) is 8.04. The van der Waals surface area contributed by atoms with Gasteiger partial charge in [0.25, 0.3) is 0 Å². The van der Waals surface area contributed by atoms with Gasteiger partial charge in [-0.2, -0.15) is 0 Å². The van der Waals surface area contributed by atoms with Gasteiger partial charge in [0.1, 0.15) is 0 Å². The fourth-order valence-corrected chi connectivity index (χ4v) is 2.06. The molecule has 16 heavy (non-hydrogen) atoms. The number of rotatable bonds is 8. The minimum Gasteiger partial charge on any atom is -0.377 e. The molecule has 1 fully saturated rings. The Morgan fingerprint density at radius 1 is 1.50 bits per heavy atom. The predicted molar refractivity (Wildman–Crippen MR) is 68.8 cm³/mol. The summed E-state index contributed by atoms with van der Waals surface area (Å²) in [5, 5.41) is 3.51. The third-order valence-corrected chi connectivity index (χ3v) is 3.41. The first kappa shape index (κ1) is 13.9. The molecule has 96 valence electrons. The van der Waals surface area contributed by atoms with E-state index in [1.54, 1.807) is 0 Å². The van der Waals surface area contributed by atoms with Gasteiger partial charge < -0.3 is 10.1 Å². The van der Waals surface area contributed by atoms with E-state index in [4.69, 9.17) is 4.74 Å². The van der Waals surface area contributed by atoms with Crippen LogP contribution in [0.2, 0.25) is 0 Å². The number of hydrogen-bond acceptors (Lipinski definition) is 3. The van der Waals surface area contributed by atoms with Crippen molar-refractivity contribution in [3.8, 4) is 0 Å². The molecule has 2 atom stereocenters. The van der Waals surface area contributed by atoms with E-state index in [0.717, 1.165) is 26.2 Å². The molecule has 1 heterocycles. The number of hydrogen-bond donors (Lipinski definition) is 1. The SMILES string of the molecule is CCCCNCC(C)N(C)CC1CCCO1.